The maximum atomic E-state index is 10.3. The van der Waals surface area contributed by atoms with E-state index in [9.17, 15) is 5.11 Å². The van der Waals surface area contributed by atoms with E-state index in [0.717, 1.165) is 13.0 Å². The minimum Gasteiger partial charge on any atom is -0.390 e. The summed E-state index contributed by atoms with van der Waals surface area (Å²) in [6, 6.07) is 10.5. The van der Waals surface area contributed by atoms with Gasteiger partial charge < -0.3 is 20.6 Å². The second kappa shape index (κ2) is 7.90. The van der Waals surface area contributed by atoms with Crippen LogP contribution in [0.25, 0.3) is 0 Å². The van der Waals surface area contributed by atoms with E-state index in [1.54, 1.807) is 0 Å². The molecule has 0 spiro atoms. The SMILES string of the molecule is CN(CC(O)C(N)Cc1ccccc1)CC1CCCN1C. The van der Waals surface area contributed by atoms with Crippen LogP contribution >= 0.6 is 0 Å². The molecule has 1 aliphatic rings. The summed E-state index contributed by atoms with van der Waals surface area (Å²) in [5.41, 5.74) is 7.33. The van der Waals surface area contributed by atoms with E-state index >= 15 is 0 Å². The van der Waals surface area contributed by atoms with Gasteiger partial charge in [0.25, 0.3) is 0 Å². The molecule has 0 bridgehead atoms. The van der Waals surface area contributed by atoms with Crippen molar-refractivity contribution in [3.05, 3.63) is 35.9 Å². The van der Waals surface area contributed by atoms with Gasteiger partial charge in [-0.2, -0.15) is 0 Å². The van der Waals surface area contributed by atoms with E-state index in [0.29, 0.717) is 12.6 Å². The third kappa shape index (κ3) is 5.08. The summed E-state index contributed by atoms with van der Waals surface area (Å²) in [6.45, 7) is 2.83. The largest absolute Gasteiger partial charge is 0.390 e. The lowest BCUT2D eigenvalue weighted by atomic mass is 10.0. The molecule has 4 nitrogen and oxygen atoms in total. The van der Waals surface area contributed by atoms with E-state index < -0.39 is 6.10 Å². The van der Waals surface area contributed by atoms with Gasteiger partial charge in [-0.1, -0.05) is 30.3 Å². The molecule has 1 fully saturated rings. The maximum absolute atomic E-state index is 10.3. The summed E-state index contributed by atoms with van der Waals surface area (Å²) in [6.07, 6.45) is 2.78. The van der Waals surface area contributed by atoms with E-state index in [1.807, 2.05) is 18.2 Å². The average Bonchev–Trinajstić information content (AvgIpc) is 2.85. The number of likely N-dealkylation sites (tertiary alicyclic amines) is 1. The molecular formula is C17H29N3O. The fourth-order valence-electron chi connectivity index (χ4n) is 3.12. The zero-order valence-electron chi connectivity index (χ0n) is 13.3. The third-order valence-electron chi connectivity index (χ3n) is 4.50. The molecule has 3 N–H and O–H groups in total. The Morgan fingerprint density at radius 1 is 1.38 bits per heavy atom. The monoisotopic (exact) mass is 291 g/mol. The number of benzene rings is 1. The van der Waals surface area contributed by atoms with E-state index in [4.69, 9.17) is 5.73 Å². The number of hydrogen-bond donors (Lipinski definition) is 2. The predicted octanol–water partition coefficient (Wildman–Crippen LogP) is 0.943. The quantitative estimate of drug-likeness (QED) is 0.785. The summed E-state index contributed by atoms with van der Waals surface area (Å²) < 4.78 is 0. The first-order valence-corrected chi connectivity index (χ1v) is 7.92. The first-order valence-electron chi connectivity index (χ1n) is 7.92. The number of rotatable bonds is 7. The highest BCUT2D eigenvalue weighted by molar-refractivity contribution is 5.16. The van der Waals surface area contributed by atoms with Crippen molar-refractivity contribution < 1.29 is 5.11 Å². The van der Waals surface area contributed by atoms with Gasteiger partial charge in [0.05, 0.1) is 6.10 Å². The molecule has 0 radical (unpaired) electrons. The van der Waals surface area contributed by atoms with Gasteiger partial charge in [0.15, 0.2) is 0 Å². The number of nitrogens with zero attached hydrogens (tertiary/aromatic N) is 2. The van der Waals surface area contributed by atoms with Crippen LogP contribution in [0.3, 0.4) is 0 Å². The zero-order chi connectivity index (χ0) is 15.2. The standard InChI is InChI=1S/C17H29N3O/c1-19(12-15-9-6-10-20(15)2)13-17(21)16(18)11-14-7-4-3-5-8-14/h3-5,7-8,15-17,21H,6,9-13,18H2,1-2H3. The summed E-state index contributed by atoms with van der Waals surface area (Å²) in [7, 11) is 4.26. The Morgan fingerprint density at radius 3 is 2.71 bits per heavy atom. The Labute approximate surface area is 128 Å². The highest BCUT2D eigenvalue weighted by Gasteiger charge is 2.24. The van der Waals surface area contributed by atoms with Crippen LogP contribution in [0.5, 0.6) is 0 Å². The molecule has 2 rings (SSSR count). The summed E-state index contributed by atoms with van der Waals surface area (Å²) >= 11 is 0. The molecular weight excluding hydrogens is 262 g/mol. The molecule has 3 unspecified atom stereocenters. The minimum absolute atomic E-state index is 0.212. The van der Waals surface area contributed by atoms with Crippen LogP contribution in [0, 0.1) is 0 Å². The van der Waals surface area contributed by atoms with Crippen LogP contribution in [-0.2, 0) is 6.42 Å². The van der Waals surface area contributed by atoms with Crippen LogP contribution in [0.2, 0.25) is 0 Å². The Hall–Kier alpha value is -0.940. The molecule has 21 heavy (non-hydrogen) atoms. The van der Waals surface area contributed by atoms with Gasteiger partial charge in [-0.25, -0.2) is 0 Å². The highest BCUT2D eigenvalue weighted by atomic mass is 16.3. The summed E-state index contributed by atoms with van der Waals surface area (Å²) in [4.78, 5) is 4.62. The van der Waals surface area contributed by atoms with Gasteiger partial charge in [0, 0.05) is 25.2 Å². The normalized spacial score (nSPS) is 22.6. The Morgan fingerprint density at radius 2 is 2.10 bits per heavy atom. The van der Waals surface area contributed by atoms with Crippen LogP contribution in [-0.4, -0.2) is 66.8 Å². The van der Waals surface area contributed by atoms with Crippen LogP contribution in [0.1, 0.15) is 18.4 Å². The summed E-state index contributed by atoms with van der Waals surface area (Å²) in [5.74, 6) is 0. The maximum Gasteiger partial charge on any atom is 0.0820 e. The Balaban J connectivity index is 1.76. The lowest BCUT2D eigenvalue weighted by Crippen LogP contribution is -2.46. The molecule has 118 valence electrons. The van der Waals surface area contributed by atoms with Gasteiger partial charge in [-0.3, -0.25) is 0 Å². The van der Waals surface area contributed by atoms with Crippen molar-refractivity contribution >= 4 is 0 Å². The second-order valence-electron chi connectivity index (χ2n) is 6.42. The topological polar surface area (TPSA) is 52.7 Å². The van der Waals surface area contributed by atoms with Crippen molar-refractivity contribution in [2.45, 2.75) is 37.5 Å². The number of likely N-dealkylation sites (N-methyl/N-ethyl adjacent to an activating group) is 2. The first-order chi connectivity index (χ1) is 10.1. The molecule has 1 aliphatic heterocycles. The first kappa shape index (κ1) is 16.4. The molecule has 0 saturated carbocycles. The lowest BCUT2D eigenvalue weighted by molar-refractivity contribution is 0.0917. The number of nitrogens with two attached hydrogens (primary N) is 1. The van der Waals surface area contributed by atoms with Gasteiger partial charge in [-0.15, -0.1) is 0 Å². The van der Waals surface area contributed by atoms with Crippen molar-refractivity contribution in [2.75, 3.05) is 33.7 Å². The van der Waals surface area contributed by atoms with Crippen LogP contribution < -0.4 is 5.73 Å². The number of aliphatic hydroxyl groups is 1. The second-order valence-corrected chi connectivity index (χ2v) is 6.42. The van der Waals surface area contributed by atoms with Gasteiger partial charge in [0.2, 0.25) is 0 Å². The van der Waals surface area contributed by atoms with Crippen molar-refractivity contribution in [1.29, 1.82) is 0 Å². The van der Waals surface area contributed by atoms with Gasteiger partial charge in [0.1, 0.15) is 0 Å². The molecule has 0 aliphatic carbocycles. The molecule has 1 aromatic carbocycles. The lowest BCUT2D eigenvalue weighted by Gasteiger charge is -2.29. The van der Waals surface area contributed by atoms with Crippen LogP contribution in [0.15, 0.2) is 30.3 Å². The number of aliphatic hydroxyl groups excluding tert-OH is 1. The minimum atomic E-state index is -0.484. The molecule has 0 aromatic heterocycles. The molecule has 1 aromatic rings. The zero-order valence-corrected chi connectivity index (χ0v) is 13.3. The van der Waals surface area contributed by atoms with Crippen molar-refractivity contribution in [1.82, 2.24) is 9.80 Å². The Bertz CT molecular complexity index is 412. The van der Waals surface area contributed by atoms with Crippen molar-refractivity contribution in [3.8, 4) is 0 Å². The Kier molecular flexibility index (Phi) is 6.18. The third-order valence-corrected chi connectivity index (χ3v) is 4.50. The van der Waals surface area contributed by atoms with Gasteiger partial charge in [-0.05, 0) is 45.5 Å². The van der Waals surface area contributed by atoms with Crippen LogP contribution in [0.4, 0.5) is 0 Å². The van der Waals surface area contributed by atoms with E-state index in [1.165, 1.54) is 24.9 Å². The molecule has 1 saturated heterocycles. The fraction of sp³-hybridized carbons (Fsp3) is 0.647. The average molecular weight is 291 g/mol. The predicted molar refractivity (Wildman–Crippen MR) is 87.3 cm³/mol. The van der Waals surface area contributed by atoms with Crippen molar-refractivity contribution in [2.24, 2.45) is 5.73 Å². The smallest absolute Gasteiger partial charge is 0.0820 e. The molecule has 4 heteroatoms. The summed E-state index contributed by atoms with van der Waals surface area (Å²) in [5, 5.41) is 10.3. The highest BCUT2D eigenvalue weighted by Crippen LogP contribution is 2.15. The van der Waals surface area contributed by atoms with Crippen molar-refractivity contribution in [3.63, 3.8) is 0 Å². The molecule has 1 heterocycles. The number of hydrogen-bond acceptors (Lipinski definition) is 4. The molecule has 0 amide bonds. The molecule has 3 atom stereocenters. The van der Waals surface area contributed by atoms with E-state index in [-0.39, 0.29) is 6.04 Å². The van der Waals surface area contributed by atoms with E-state index in [2.05, 4.69) is 36.0 Å². The fourth-order valence-corrected chi connectivity index (χ4v) is 3.12. The van der Waals surface area contributed by atoms with Gasteiger partial charge >= 0.3 is 0 Å².